The third-order valence-electron chi connectivity index (χ3n) is 8.57. The summed E-state index contributed by atoms with van der Waals surface area (Å²) in [6.07, 6.45) is 3.31. The van der Waals surface area contributed by atoms with Crippen LogP contribution in [0.2, 0.25) is 0 Å². The van der Waals surface area contributed by atoms with E-state index in [0.717, 1.165) is 59.0 Å². The summed E-state index contributed by atoms with van der Waals surface area (Å²) in [6, 6.07) is 15.4. The van der Waals surface area contributed by atoms with Crippen molar-refractivity contribution in [2.75, 3.05) is 6.54 Å². The van der Waals surface area contributed by atoms with Crippen LogP contribution in [0.1, 0.15) is 65.5 Å². The Hall–Kier alpha value is -3.44. The lowest BCUT2D eigenvalue weighted by molar-refractivity contribution is -0.137. The molecule has 4 aromatic rings. The molecule has 9 nitrogen and oxygen atoms in total. The van der Waals surface area contributed by atoms with Crippen molar-refractivity contribution in [3.63, 3.8) is 0 Å². The molecule has 216 valence electrons. The number of hydrogen-bond donors (Lipinski definition) is 3. The molecule has 6 rings (SSSR count). The number of benzene rings is 3. The lowest BCUT2D eigenvalue weighted by Gasteiger charge is -2.42. The van der Waals surface area contributed by atoms with Crippen LogP contribution in [-0.2, 0) is 31.2 Å². The Balaban J connectivity index is 1.44. The Labute approximate surface area is 241 Å². The molecule has 3 aromatic carbocycles. The first kappa shape index (κ1) is 27.7. The van der Waals surface area contributed by atoms with E-state index in [1.807, 2.05) is 39.1 Å². The monoisotopic (exact) mass is 576 g/mol. The van der Waals surface area contributed by atoms with Gasteiger partial charge in [-0.15, -0.1) is 15.9 Å². The molecule has 1 aliphatic heterocycles. The first-order valence-corrected chi connectivity index (χ1v) is 15.6. The highest BCUT2D eigenvalue weighted by Crippen LogP contribution is 2.57. The van der Waals surface area contributed by atoms with Gasteiger partial charge in [-0.3, -0.25) is 13.9 Å². The SMILES string of the molecule is CC[C@@H]1CN(Cc2cc(C(CC(=O)O)c3ccc4c(nnn4C)c3C)cc3c2CCC3)S(O)(O)c2ccccc2O1. The average Bonchev–Trinajstić information content (AvgIpc) is 3.56. The Morgan fingerprint density at radius 2 is 1.98 bits per heavy atom. The number of para-hydroxylation sites is 1. The van der Waals surface area contributed by atoms with Crippen molar-refractivity contribution in [1.29, 1.82) is 0 Å². The predicted octanol–water partition coefficient (Wildman–Crippen LogP) is 6.07. The van der Waals surface area contributed by atoms with Crippen LogP contribution in [0, 0.1) is 6.92 Å². The van der Waals surface area contributed by atoms with E-state index in [9.17, 15) is 19.0 Å². The number of fused-ring (bicyclic) bond motifs is 3. The fourth-order valence-corrected chi connectivity index (χ4v) is 8.01. The summed E-state index contributed by atoms with van der Waals surface area (Å²) in [5.41, 5.74) is 7.87. The van der Waals surface area contributed by atoms with Gasteiger partial charge in [0.2, 0.25) is 0 Å². The lowest BCUT2D eigenvalue weighted by Crippen LogP contribution is -2.34. The van der Waals surface area contributed by atoms with E-state index in [1.165, 1.54) is 11.1 Å². The van der Waals surface area contributed by atoms with E-state index in [-0.39, 0.29) is 18.4 Å². The maximum atomic E-state index is 12.2. The van der Waals surface area contributed by atoms with Crippen molar-refractivity contribution in [3.05, 3.63) is 81.9 Å². The minimum atomic E-state index is -3.31. The van der Waals surface area contributed by atoms with Crippen LogP contribution in [0.5, 0.6) is 5.75 Å². The molecule has 0 bridgehead atoms. The largest absolute Gasteiger partial charge is 0.487 e. The van der Waals surface area contributed by atoms with Gasteiger partial charge in [-0.2, -0.15) is 4.31 Å². The minimum absolute atomic E-state index is 0.0666. The van der Waals surface area contributed by atoms with Crippen LogP contribution in [0.25, 0.3) is 11.0 Å². The molecule has 0 saturated heterocycles. The molecule has 10 heteroatoms. The lowest BCUT2D eigenvalue weighted by atomic mass is 9.83. The van der Waals surface area contributed by atoms with Gasteiger partial charge in [0.15, 0.2) is 0 Å². The Bertz CT molecular complexity index is 1630. The van der Waals surface area contributed by atoms with Gasteiger partial charge in [0.25, 0.3) is 0 Å². The zero-order chi connectivity index (χ0) is 28.9. The van der Waals surface area contributed by atoms with Gasteiger partial charge in [0.1, 0.15) is 22.3 Å². The molecule has 1 aromatic heterocycles. The third-order valence-corrected chi connectivity index (χ3v) is 10.5. The number of nitrogens with zero attached hydrogens (tertiary/aromatic N) is 4. The van der Waals surface area contributed by atoms with Gasteiger partial charge < -0.3 is 9.84 Å². The molecule has 0 spiro atoms. The second kappa shape index (κ2) is 10.8. The van der Waals surface area contributed by atoms with E-state index >= 15 is 0 Å². The Morgan fingerprint density at radius 3 is 2.76 bits per heavy atom. The molecule has 0 radical (unpaired) electrons. The fraction of sp³-hybridized carbons (Fsp3) is 0.387. The topological polar surface area (TPSA) is 121 Å². The number of ether oxygens (including phenoxy) is 1. The Morgan fingerprint density at radius 1 is 1.17 bits per heavy atom. The van der Waals surface area contributed by atoms with Crippen LogP contribution in [0.4, 0.5) is 0 Å². The number of hydrogen-bond acceptors (Lipinski definition) is 7. The van der Waals surface area contributed by atoms with Crippen molar-refractivity contribution in [3.8, 4) is 5.75 Å². The minimum Gasteiger partial charge on any atom is -0.487 e. The highest BCUT2D eigenvalue weighted by molar-refractivity contribution is 8.22. The maximum absolute atomic E-state index is 12.2. The molecule has 3 N–H and O–H groups in total. The van der Waals surface area contributed by atoms with Crippen LogP contribution in [0.3, 0.4) is 0 Å². The summed E-state index contributed by atoms with van der Waals surface area (Å²) in [4.78, 5) is 12.6. The predicted molar refractivity (Wildman–Crippen MR) is 158 cm³/mol. The number of carboxylic acids is 1. The van der Waals surface area contributed by atoms with Gasteiger partial charge in [-0.25, -0.2) is 4.68 Å². The van der Waals surface area contributed by atoms with E-state index in [0.29, 0.717) is 23.7 Å². The second-order valence-electron chi connectivity index (χ2n) is 11.1. The van der Waals surface area contributed by atoms with Crippen molar-refractivity contribution >= 4 is 27.8 Å². The molecular formula is C31H36N4O5S. The van der Waals surface area contributed by atoms with Crippen molar-refractivity contribution in [2.24, 2.45) is 7.05 Å². The summed E-state index contributed by atoms with van der Waals surface area (Å²) >= 11 is 0. The van der Waals surface area contributed by atoms with Gasteiger partial charge in [0.05, 0.1) is 18.5 Å². The number of aromatic nitrogens is 3. The van der Waals surface area contributed by atoms with Crippen LogP contribution >= 0.6 is 10.8 Å². The number of carboxylic acid groups (broad SMARTS) is 1. The third kappa shape index (κ3) is 4.99. The van der Waals surface area contributed by atoms with Gasteiger partial charge >= 0.3 is 5.97 Å². The summed E-state index contributed by atoms with van der Waals surface area (Å²) < 4.78 is 32.9. The van der Waals surface area contributed by atoms with Crippen LogP contribution in [0.15, 0.2) is 53.4 Å². The molecule has 2 aliphatic rings. The second-order valence-corrected chi connectivity index (χ2v) is 13.1. The zero-order valence-electron chi connectivity index (χ0n) is 23.6. The number of aliphatic carboxylic acids is 1. The molecule has 0 saturated carbocycles. The van der Waals surface area contributed by atoms with Crippen molar-refractivity contribution < 1.29 is 23.7 Å². The smallest absolute Gasteiger partial charge is 0.304 e. The molecule has 0 fully saturated rings. The van der Waals surface area contributed by atoms with E-state index in [2.05, 4.69) is 22.4 Å². The number of rotatable bonds is 7. The summed E-state index contributed by atoms with van der Waals surface area (Å²) in [5.74, 6) is -0.755. The molecular weight excluding hydrogens is 540 g/mol. The normalized spacial score (nSPS) is 19.7. The van der Waals surface area contributed by atoms with E-state index in [4.69, 9.17) is 4.74 Å². The van der Waals surface area contributed by atoms with Crippen molar-refractivity contribution in [2.45, 2.75) is 69.4 Å². The average molecular weight is 577 g/mol. The molecule has 41 heavy (non-hydrogen) atoms. The summed E-state index contributed by atoms with van der Waals surface area (Å²) in [6.45, 7) is 4.71. The van der Waals surface area contributed by atoms with Crippen molar-refractivity contribution in [1.82, 2.24) is 19.3 Å². The standard InChI is InChI=1S/C31H36N4O5S/c1-4-23-18-35(41(38,39)29-11-6-5-10-28(29)40-23)17-22-15-21(14-20-8-7-9-25(20)22)26(16-30(36)37)24-12-13-27-31(19(24)2)32-33-34(27)3/h5-6,10-15,23,26,38-39H,4,7-9,16-18H2,1-3H3,(H,36,37)/t23-,26?/m1/s1. The zero-order valence-corrected chi connectivity index (χ0v) is 24.4. The molecule has 2 atom stereocenters. The fourth-order valence-electron chi connectivity index (χ4n) is 6.39. The van der Waals surface area contributed by atoms with Crippen LogP contribution in [-0.4, -0.2) is 52.1 Å². The molecule has 1 aliphatic carbocycles. The van der Waals surface area contributed by atoms with Gasteiger partial charge in [-0.05, 0) is 84.2 Å². The maximum Gasteiger partial charge on any atom is 0.304 e. The van der Waals surface area contributed by atoms with Gasteiger partial charge in [-0.1, -0.05) is 42.5 Å². The highest BCUT2D eigenvalue weighted by atomic mass is 32.3. The first-order valence-electron chi connectivity index (χ1n) is 14.1. The quantitative estimate of drug-likeness (QED) is 0.242. The molecule has 1 unspecified atom stereocenters. The number of carbonyl (C=O) groups is 1. The summed E-state index contributed by atoms with van der Waals surface area (Å²) in [7, 11) is -1.47. The highest BCUT2D eigenvalue weighted by Gasteiger charge is 2.35. The van der Waals surface area contributed by atoms with E-state index < -0.39 is 16.7 Å². The summed E-state index contributed by atoms with van der Waals surface area (Å²) in [5, 5.41) is 18.5. The van der Waals surface area contributed by atoms with Gasteiger partial charge in [0, 0.05) is 19.5 Å². The molecule has 0 amide bonds. The van der Waals surface area contributed by atoms with Crippen LogP contribution < -0.4 is 4.74 Å². The first-order chi connectivity index (χ1) is 19.7. The molecule has 2 heterocycles. The Kier molecular flexibility index (Phi) is 7.27. The van der Waals surface area contributed by atoms with E-state index in [1.54, 1.807) is 27.2 Å². The number of aryl methyl sites for hydroxylation is 3.